The van der Waals surface area contributed by atoms with Crippen LogP contribution >= 0.6 is 11.6 Å². The third kappa shape index (κ3) is 10.9. The Morgan fingerprint density at radius 3 is 2.00 bits per heavy atom. The standard InChI is InChI=1S/C48H54ClN7O6/c1-47(2,48(3,4)51)46(62)56-41(21-33-27-54-39-16-15-35(57)24-37(33)39)43(59)23-31(18-28-11-13-34(49)14-12-28)45(61)55-40(19-29-8-7-17-52-25-29)42(58)22-30(44(50)60)20-32-26-53-38-10-6-5-9-36(32)38/h5-17,24-27,30-31,40-41,53-54,57H,18-23,51H2,1-4H3,(H2,50,60)(H,55,61)(H,56,62)/t30-,31+,40-,41-/m0/s1. The second-order valence-corrected chi connectivity index (χ2v) is 17.7. The number of rotatable bonds is 20. The number of Topliss-reactive ketones (excluding diaryl/α,β-unsaturated/α-hetero) is 2. The van der Waals surface area contributed by atoms with Gasteiger partial charge in [-0.05, 0) is 105 Å². The zero-order valence-electron chi connectivity index (χ0n) is 35.3. The highest BCUT2D eigenvalue weighted by Gasteiger charge is 2.42. The van der Waals surface area contributed by atoms with Crippen LogP contribution in [0.1, 0.15) is 62.8 Å². The summed E-state index contributed by atoms with van der Waals surface area (Å²) >= 11 is 6.21. The fraction of sp³-hybridized carbons (Fsp3) is 0.333. The van der Waals surface area contributed by atoms with E-state index < -0.39 is 64.2 Å². The van der Waals surface area contributed by atoms with Gasteiger partial charge in [0.1, 0.15) is 5.75 Å². The van der Waals surface area contributed by atoms with Gasteiger partial charge in [0.05, 0.1) is 17.5 Å². The van der Waals surface area contributed by atoms with E-state index in [-0.39, 0.29) is 44.3 Å². The normalized spacial score (nSPS) is 13.9. The lowest BCUT2D eigenvalue weighted by molar-refractivity contribution is -0.137. The van der Waals surface area contributed by atoms with E-state index in [1.54, 1.807) is 107 Å². The van der Waals surface area contributed by atoms with Crippen molar-refractivity contribution in [3.8, 4) is 5.75 Å². The van der Waals surface area contributed by atoms with Crippen LogP contribution in [0, 0.1) is 17.3 Å². The highest BCUT2D eigenvalue weighted by atomic mass is 35.5. The number of benzene rings is 3. The van der Waals surface area contributed by atoms with Crippen molar-refractivity contribution in [3.63, 3.8) is 0 Å². The Balaban J connectivity index is 1.30. The Morgan fingerprint density at radius 2 is 1.35 bits per heavy atom. The molecule has 0 fully saturated rings. The molecule has 0 spiro atoms. The Hall–Kier alpha value is -6.31. The molecule has 0 aliphatic rings. The number of fused-ring (bicyclic) bond motifs is 2. The largest absolute Gasteiger partial charge is 0.508 e. The predicted molar refractivity (Wildman–Crippen MR) is 240 cm³/mol. The fourth-order valence-electron chi connectivity index (χ4n) is 7.49. The molecule has 3 aromatic carbocycles. The first-order valence-electron chi connectivity index (χ1n) is 20.6. The number of amides is 3. The number of hydrogen-bond donors (Lipinski definition) is 7. The van der Waals surface area contributed by atoms with Crippen molar-refractivity contribution in [2.24, 2.45) is 28.7 Å². The monoisotopic (exact) mass is 859 g/mol. The second-order valence-electron chi connectivity index (χ2n) is 17.3. The van der Waals surface area contributed by atoms with Gasteiger partial charge in [-0.25, -0.2) is 0 Å². The molecule has 3 aromatic heterocycles. The molecule has 13 nitrogen and oxygen atoms in total. The lowest BCUT2D eigenvalue weighted by atomic mass is 9.74. The minimum Gasteiger partial charge on any atom is -0.508 e. The summed E-state index contributed by atoms with van der Waals surface area (Å²) in [7, 11) is 0. The highest BCUT2D eigenvalue weighted by molar-refractivity contribution is 6.30. The van der Waals surface area contributed by atoms with Gasteiger partial charge in [-0.2, -0.15) is 0 Å². The number of hydrogen-bond acceptors (Lipinski definition) is 8. The molecule has 14 heteroatoms. The van der Waals surface area contributed by atoms with E-state index in [1.807, 2.05) is 24.3 Å². The summed E-state index contributed by atoms with van der Waals surface area (Å²) in [6, 6.07) is 20.7. The van der Waals surface area contributed by atoms with E-state index in [1.165, 1.54) is 0 Å². The van der Waals surface area contributed by atoms with Crippen LogP contribution < -0.4 is 22.1 Å². The molecule has 0 unspecified atom stereocenters. The number of aromatic amines is 2. The van der Waals surface area contributed by atoms with Gasteiger partial charge in [-0.15, -0.1) is 0 Å². The van der Waals surface area contributed by atoms with E-state index in [4.69, 9.17) is 23.1 Å². The van der Waals surface area contributed by atoms with Crippen LogP contribution in [0.15, 0.2) is 104 Å². The maximum absolute atomic E-state index is 14.7. The number of primary amides is 1. The van der Waals surface area contributed by atoms with Crippen LogP contribution in [0.3, 0.4) is 0 Å². The van der Waals surface area contributed by atoms with Gasteiger partial charge < -0.3 is 37.2 Å². The van der Waals surface area contributed by atoms with Gasteiger partial charge in [-0.3, -0.25) is 29.0 Å². The van der Waals surface area contributed by atoms with Gasteiger partial charge in [0.2, 0.25) is 17.7 Å². The van der Waals surface area contributed by atoms with Crippen molar-refractivity contribution in [1.82, 2.24) is 25.6 Å². The van der Waals surface area contributed by atoms with Crippen molar-refractivity contribution in [2.45, 2.75) is 83.8 Å². The quantitative estimate of drug-likeness (QED) is 0.0478. The minimum absolute atomic E-state index is 0.0338. The number of phenols is 1. The number of aromatic nitrogens is 3. The van der Waals surface area contributed by atoms with Crippen LogP contribution in [0.2, 0.25) is 5.02 Å². The first-order valence-corrected chi connectivity index (χ1v) is 21.0. The summed E-state index contributed by atoms with van der Waals surface area (Å²) in [4.78, 5) is 81.1. The predicted octanol–water partition coefficient (Wildman–Crippen LogP) is 6.04. The third-order valence-corrected chi connectivity index (χ3v) is 12.4. The average molecular weight is 860 g/mol. The van der Waals surface area contributed by atoms with Crippen molar-refractivity contribution in [2.75, 3.05) is 0 Å². The Morgan fingerprint density at radius 1 is 0.726 bits per heavy atom. The SMILES string of the molecule is CC(C)(N)C(C)(C)C(=O)N[C@@H](Cc1c[nH]c2ccc(O)cc12)C(=O)C[C@@H](Cc1ccc(Cl)cc1)C(=O)N[C@@H](Cc1cccnc1)C(=O)C[C@H](Cc1c[nH]c2ccccc12)C(N)=O. The summed E-state index contributed by atoms with van der Waals surface area (Å²) in [5, 5.41) is 18.3. The molecular weight excluding hydrogens is 806 g/mol. The molecule has 9 N–H and O–H groups in total. The molecule has 6 aromatic rings. The molecule has 324 valence electrons. The van der Waals surface area contributed by atoms with Crippen LogP contribution in [-0.4, -0.2) is 67.0 Å². The number of nitrogens with one attached hydrogen (secondary N) is 4. The first kappa shape index (κ1) is 45.2. The molecule has 0 bridgehead atoms. The van der Waals surface area contributed by atoms with Gasteiger partial charge in [-0.1, -0.05) is 48.0 Å². The second kappa shape index (κ2) is 19.2. The number of nitrogens with zero attached hydrogens (tertiary/aromatic N) is 1. The Bertz CT molecular complexity index is 2560. The van der Waals surface area contributed by atoms with E-state index in [2.05, 4.69) is 25.6 Å². The molecule has 6 rings (SSSR count). The van der Waals surface area contributed by atoms with E-state index in [0.717, 1.165) is 22.0 Å². The number of aromatic hydroxyl groups is 1. The lowest BCUT2D eigenvalue weighted by Crippen LogP contribution is -2.58. The first-order chi connectivity index (χ1) is 29.4. The van der Waals surface area contributed by atoms with Gasteiger partial charge in [0.25, 0.3) is 0 Å². The number of carbonyl (C=O) groups excluding carboxylic acids is 5. The average Bonchev–Trinajstić information content (AvgIpc) is 3.83. The highest BCUT2D eigenvalue weighted by Crippen LogP contribution is 2.30. The maximum Gasteiger partial charge on any atom is 0.228 e. The molecule has 62 heavy (non-hydrogen) atoms. The molecule has 0 aliphatic carbocycles. The molecule has 3 amide bonds. The number of H-pyrrole nitrogens is 2. The van der Waals surface area contributed by atoms with E-state index in [9.17, 15) is 29.1 Å². The van der Waals surface area contributed by atoms with Crippen molar-refractivity contribution < 1.29 is 29.1 Å². The molecular formula is C48H54ClN7O6. The topological polar surface area (TPSA) is 226 Å². The van der Waals surface area contributed by atoms with Gasteiger partial charge in [0.15, 0.2) is 11.6 Å². The number of para-hydroxylation sites is 1. The zero-order valence-corrected chi connectivity index (χ0v) is 36.1. The summed E-state index contributed by atoms with van der Waals surface area (Å²) < 4.78 is 0. The van der Waals surface area contributed by atoms with Crippen LogP contribution in [0.4, 0.5) is 0 Å². The maximum atomic E-state index is 14.7. The van der Waals surface area contributed by atoms with Crippen molar-refractivity contribution in [1.29, 1.82) is 0 Å². The molecule has 0 radical (unpaired) electrons. The summed E-state index contributed by atoms with van der Waals surface area (Å²) in [6.07, 6.45) is 6.55. The number of halogens is 1. The van der Waals surface area contributed by atoms with Crippen LogP contribution in [-0.2, 0) is 49.7 Å². The Kier molecular flexibility index (Phi) is 14.0. The zero-order chi connectivity index (χ0) is 44.8. The summed E-state index contributed by atoms with van der Waals surface area (Å²) in [5.74, 6) is -4.39. The molecule has 0 saturated carbocycles. The fourth-order valence-corrected chi connectivity index (χ4v) is 7.62. The lowest BCUT2D eigenvalue weighted by Gasteiger charge is -2.38. The molecule has 3 heterocycles. The van der Waals surface area contributed by atoms with Crippen molar-refractivity contribution >= 4 is 62.7 Å². The van der Waals surface area contributed by atoms with Gasteiger partial charge >= 0.3 is 0 Å². The van der Waals surface area contributed by atoms with E-state index >= 15 is 0 Å². The third-order valence-electron chi connectivity index (χ3n) is 12.1. The van der Waals surface area contributed by atoms with Crippen molar-refractivity contribution in [3.05, 3.63) is 131 Å². The number of ketones is 2. The smallest absolute Gasteiger partial charge is 0.228 e. The van der Waals surface area contributed by atoms with Crippen LogP contribution in [0.25, 0.3) is 21.8 Å². The molecule has 0 aliphatic heterocycles. The molecule has 4 atom stereocenters. The number of nitrogens with two attached hydrogens (primary N) is 2. The van der Waals surface area contributed by atoms with Gasteiger partial charge in [0, 0.05) is 94.7 Å². The minimum atomic E-state index is -1.11. The number of carbonyl (C=O) groups is 5. The number of pyridine rings is 1. The summed E-state index contributed by atoms with van der Waals surface area (Å²) in [6.45, 7) is 6.87. The van der Waals surface area contributed by atoms with Crippen LogP contribution in [0.5, 0.6) is 5.75 Å². The van der Waals surface area contributed by atoms with E-state index in [0.29, 0.717) is 27.1 Å². The summed E-state index contributed by atoms with van der Waals surface area (Å²) in [5.41, 5.74) is 14.7. The Labute approximate surface area is 365 Å². The molecule has 0 saturated heterocycles. The number of phenolic OH excluding ortho intramolecular Hbond substituents is 1.